The lowest BCUT2D eigenvalue weighted by Crippen LogP contribution is -2.51. The van der Waals surface area contributed by atoms with Crippen molar-refractivity contribution in [2.24, 2.45) is 5.92 Å². The molecule has 3 rings (SSSR count). The van der Waals surface area contributed by atoms with Gasteiger partial charge >= 0.3 is 6.09 Å². The van der Waals surface area contributed by atoms with Crippen LogP contribution in [-0.4, -0.2) is 134 Å². The second-order valence-electron chi connectivity index (χ2n) is 12.4. The zero-order valence-electron chi connectivity index (χ0n) is 31.6. The van der Waals surface area contributed by atoms with E-state index in [1.165, 1.54) is 12.2 Å². The summed E-state index contributed by atoms with van der Waals surface area (Å²) >= 11 is 0. The van der Waals surface area contributed by atoms with Gasteiger partial charge in [0.15, 0.2) is 0 Å². The molecule has 0 saturated heterocycles. The highest BCUT2D eigenvalue weighted by molar-refractivity contribution is 6.12. The second-order valence-corrected chi connectivity index (χ2v) is 12.4. The molecule has 2 heterocycles. The fraction of sp³-hybridized carbons (Fsp3) is 0.556. The number of aryl methyl sites for hydroxylation is 1. The predicted octanol–water partition coefficient (Wildman–Crippen LogP) is 0.344. The third kappa shape index (κ3) is 17.6. The number of ether oxygens (including phenoxy) is 5. The number of nitrogens with zero attached hydrogens (tertiary/aromatic N) is 4. The number of rotatable bonds is 27. The van der Waals surface area contributed by atoms with E-state index < -0.39 is 18.0 Å². The molecule has 302 valence electrons. The summed E-state index contributed by atoms with van der Waals surface area (Å²) in [5.74, 6) is -2.11. The summed E-state index contributed by atoms with van der Waals surface area (Å²) in [6, 6.07) is 6.67. The molecule has 0 spiro atoms. The molecular formula is C36H52N8O11. The Kier molecular flexibility index (Phi) is 20.0. The van der Waals surface area contributed by atoms with Gasteiger partial charge in [0.1, 0.15) is 18.3 Å². The number of hydrogen-bond donors (Lipinski definition) is 4. The van der Waals surface area contributed by atoms with Crippen LogP contribution in [0.25, 0.3) is 0 Å². The maximum absolute atomic E-state index is 12.7. The monoisotopic (exact) mass is 772 g/mol. The summed E-state index contributed by atoms with van der Waals surface area (Å²) in [5, 5.41) is 18.6. The van der Waals surface area contributed by atoms with Gasteiger partial charge in [-0.3, -0.25) is 28.9 Å². The summed E-state index contributed by atoms with van der Waals surface area (Å²) in [6.07, 6.45) is 4.37. The molecule has 0 aliphatic carbocycles. The van der Waals surface area contributed by atoms with Crippen molar-refractivity contribution in [3.63, 3.8) is 0 Å². The van der Waals surface area contributed by atoms with Gasteiger partial charge in [-0.05, 0) is 30.0 Å². The Hall–Kier alpha value is -5.24. The number of nitrogens with one attached hydrogen (secondary N) is 4. The summed E-state index contributed by atoms with van der Waals surface area (Å²) in [4.78, 5) is 73.3. The fourth-order valence-corrected chi connectivity index (χ4v) is 4.80. The quantitative estimate of drug-likeness (QED) is 0.0710. The number of hydrogen-bond acceptors (Lipinski definition) is 13. The van der Waals surface area contributed by atoms with E-state index in [9.17, 15) is 28.8 Å². The van der Waals surface area contributed by atoms with Crippen molar-refractivity contribution in [2.75, 3.05) is 77.9 Å². The summed E-state index contributed by atoms with van der Waals surface area (Å²) in [5.41, 5.74) is 2.32. The lowest BCUT2D eigenvalue weighted by Gasteiger charge is -2.21. The van der Waals surface area contributed by atoms with Crippen LogP contribution in [0.1, 0.15) is 38.4 Å². The Morgan fingerprint density at radius 1 is 0.764 bits per heavy atom. The molecule has 4 N–H and O–H groups in total. The highest BCUT2D eigenvalue weighted by atomic mass is 16.6. The zero-order valence-corrected chi connectivity index (χ0v) is 31.6. The van der Waals surface area contributed by atoms with Crippen molar-refractivity contribution in [3.05, 3.63) is 53.9 Å². The van der Waals surface area contributed by atoms with Crippen molar-refractivity contribution < 1.29 is 52.5 Å². The van der Waals surface area contributed by atoms with Crippen LogP contribution >= 0.6 is 0 Å². The van der Waals surface area contributed by atoms with Gasteiger partial charge in [0.25, 0.3) is 11.8 Å². The topological polar surface area (TPSA) is 231 Å². The molecule has 0 radical (unpaired) electrons. The fourth-order valence-electron chi connectivity index (χ4n) is 4.80. The van der Waals surface area contributed by atoms with Crippen molar-refractivity contribution in [1.82, 2.24) is 35.8 Å². The Bertz CT molecular complexity index is 1550. The molecule has 6 amide bonds. The molecule has 1 unspecified atom stereocenters. The first-order valence-electron chi connectivity index (χ1n) is 18.2. The van der Waals surface area contributed by atoms with E-state index in [0.29, 0.717) is 44.4 Å². The minimum atomic E-state index is -0.800. The van der Waals surface area contributed by atoms with Gasteiger partial charge in [0.05, 0.1) is 85.2 Å². The number of anilines is 1. The first kappa shape index (κ1) is 44.2. The third-order valence-corrected chi connectivity index (χ3v) is 7.84. The van der Waals surface area contributed by atoms with E-state index in [0.717, 1.165) is 16.9 Å². The van der Waals surface area contributed by atoms with Crippen LogP contribution in [0.3, 0.4) is 0 Å². The molecule has 19 heteroatoms. The minimum absolute atomic E-state index is 0.00567. The number of carbonyl (C=O) groups excluding carboxylic acids is 6. The molecule has 1 atom stereocenters. The minimum Gasteiger partial charge on any atom is -0.447 e. The van der Waals surface area contributed by atoms with Crippen LogP contribution in [-0.2, 0) is 67.2 Å². The summed E-state index contributed by atoms with van der Waals surface area (Å²) in [6.45, 7) is 8.13. The normalized spacial score (nSPS) is 12.9. The standard InChI is InChI=1S/C36H52N8O11/c1-4-27-5-7-28(8-6-27)39-31(46)24-37-35(49)34(26(2)3)40-30(45)11-14-51-17-19-54-20-18-52-15-12-43-25-29(41-42-43)23-38-36(50)55-22-21-53-16-13-44-32(47)9-10-33(44)48/h5-10,25-26,34H,4,11-24H2,1-3H3,(H,37,49)(H,38,50)(H,39,46)(H,40,45). The second kappa shape index (κ2) is 25.0. The van der Waals surface area contributed by atoms with Gasteiger partial charge in [0, 0.05) is 24.3 Å². The Morgan fingerprint density at radius 3 is 2.04 bits per heavy atom. The number of aromatic nitrogens is 3. The van der Waals surface area contributed by atoms with Crippen LogP contribution in [0, 0.1) is 5.92 Å². The zero-order chi connectivity index (χ0) is 39.8. The molecule has 1 aliphatic heterocycles. The van der Waals surface area contributed by atoms with Gasteiger partial charge in [0.2, 0.25) is 17.7 Å². The predicted molar refractivity (Wildman–Crippen MR) is 196 cm³/mol. The molecule has 0 fully saturated rings. The number of benzene rings is 1. The first-order chi connectivity index (χ1) is 26.5. The van der Waals surface area contributed by atoms with Crippen LogP contribution in [0.2, 0.25) is 0 Å². The number of alkyl carbamates (subject to hydrolysis) is 1. The largest absolute Gasteiger partial charge is 0.447 e. The summed E-state index contributed by atoms with van der Waals surface area (Å²) < 4.78 is 28.4. The molecule has 2 aromatic rings. The lowest BCUT2D eigenvalue weighted by molar-refractivity contribution is -0.137. The highest BCUT2D eigenvalue weighted by Crippen LogP contribution is 2.10. The number of carbonyl (C=O) groups is 6. The molecule has 1 aromatic heterocycles. The van der Waals surface area contributed by atoms with Crippen molar-refractivity contribution in [3.8, 4) is 0 Å². The van der Waals surface area contributed by atoms with Crippen LogP contribution in [0.4, 0.5) is 10.5 Å². The highest BCUT2D eigenvalue weighted by Gasteiger charge is 2.25. The van der Waals surface area contributed by atoms with Gasteiger partial charge in [-0.25, -0.2) is 9.48 Å². The van der Waals surface area contributed by atoms with E-state index in [1.54, 1.807) is 24.7 Å². The van der Waals surface area contributed by atoms with Crippen molar-refractivity contribution in [1.29, 1.82) is 0 Å². The average Bonchev–Trinajstić information content (AvgIpc) is 3.76. The molecule has 19 nitrogen and oxygen atoms in total. The van der Waals surface area contributed by atoms with Gasteiger partial charge in [-0.1, -0.05) is 38.1 Å². The number of imide groups is 1. The van der Waals surface area contributed by atoms with E-state index in [-0.39, 0.29) is 88.6 Å². The Balaban J connectivity index is 1.12. The molecule has 0 saturated carbocycles. The molecule has 1 aromatic carbocycles. The van der Waals surface area contributed by atoms with Crippen molar-refractivity contribution in [2.45, 2.75) is 52.7 Å². The van der Waals surface area contributed by atoms with Crippen molar-refractivity contribution >= 4 is 41.3 Å². The Morgan fingerprint density at radius 2 is 1.38 bits per heavy atom. The smallest absolute Gasteiger partial charge is 0.407 e. The summed E-state index contributed by atoms with van der Waals surface area (Å²) in [7, 11) is 0. The van der Waals surface area contributed by atoms with E-state index in [1.807, 2.05) is 31.2 Å². The van der Waals surface area contributed by atoms with Crippen LogP contribution < -0.4 is 21.3 Å². The van der Waals surface area contributed by atoms with E-state index in [4.69, 9.17) is 23.7 Å². The SMILES string of the molecule is CCc1ccc(NC(=O)CNC(=O)C(NC(=O)CCOCCOCCOCCn2cc(CNC(=O)OCCOCCN3C(=O)C=CC3=O)nn2)C(C)C)cc1. The molecular weight excluding hydrogens is 720 g/mol. The average molecular weight is 773 g/mol. The lowest BCUT2D eigenvalue weighted by atomic mass is 10.0. The maximum Gasteiger partial charge on any atom is 0.407 e. The van der Waals surface area contributed by atoms with E-state index in [2.05, 4.69) is 31.6 Å². The molecule has 0 bridgehead atoms. The van der Waals surface area contributed by atoms with E-state index >= 15 is 0 Å². The first-order valence-corrected chi connectivity index (χ1v) is 18.2. The maximum atomic E-state index is 12.7. The third-order valence-electron chi connectivity index (χ3n) is 7.84. The van der Waals surface area contributed by atoms with Gasteiger partial charge in [-0.2, -0.15) is 0 Å². The molecule has 1 aliphatic rings. The number of amides is 6. The molecule has 55 heavy (non-hydrogen) atoms. The van der Waals surface area contributed by atoms with Crippen LogP contribution in [0.15, 0.2) is 42.6 Å². The van der Waals surface area contributed by atoms with Gasteiger partial charge in [-0.15, -0.1) is 5.10 Å². The van der Waals surface area contributed by atoms with Gasteiger partial charge < -0.3 is 45.0 Å². The Labute approximate surface area is 319 Å². The van der Waals surface area contributed by atoms with Crippen LogP contribution in [0.5, 0.6) is 0 Å².